The molecule has 1 heterocycles. The summed E-state index contributed by atoms with van der Waals surface area (Å²) in [6.07, 6.45) is 54.4. The van der Waals surface area contributed by atoms with Crippen molar-refractivity contribution < 1.29 is 39.8 Å². The van der Waals surface area contributed by atoms with Gasteiger partial charge in [-0.2, -0.15) is 0 Å². The molecule has 0 aliphatic carbocycles. The van der Waals surface area contributed by atoms with Crippen molar-refractivity contribution in [2.45, 2.75) is 346 Å². The second-order valence-electron chi connectivity index (χ2n) is 21.2. The molecule has 9 nitrogen and oxygen atoms in total. The highest BCUT2D eigenvalue weighted by atomic mass is 16.7. The van der Waals surface area contributed by atoms with E-state index in [4.69, 9.17) is 9.47 Å². The largest absolute Gasteiger partial charge is 0.394 e. The van der Waals surface area contributed by atoms with Gasteiger partial charge in [-0.05, 0) is 19.3 Å². The van der Waals surface area contributed by atoms with Crippen LogP contribution in [0.15, 0.2) is 12.2 Å². The summed E-state index contributed by atoms with van der Waals surface area (Å²) in [5.41, 5.74) is 0. The lowest BCUT2D eigenvalue weighted by Gasteiger charge is -2.40. The Morgan fingerprint density at radius 2 is 0.809 bits per heavy atom. The molecule has 0 aromatic heterocycles. The zero-order chi connectivity index (χ0) is 49.4. The molecule has 6 N–H and O–H groups in total. The summed E-state index contributed by atoms with van der Waals surface area (Å²) in [7, 11) is 0. The molecule has 7 atom stereocenters. The van der Waals surface area contributed by atoms with Crippen LogP contribution < -0.4 is 5.32 Å². The van der Waals surface area contributed by atoms with E-state index < -0.39 is 49.5 Å². The Labute approximate surface area is 420 Å². The molecule has 1 aliphatic rings. The second-order valence-corrected chi connectivity index (χ2v) is 21.2. The number of carbonyl (C=O) groups is 1. The molecule has 1 fully saturated rings. The van der Waals surface area contributed by atoms with E-state index in [1.54, 1.807) is 6.08 Å². The van der Waals surface area contributed by atoms with Crippen LogP contribution in [0.3, 0.4) is 0 Å². The van der Waals surface area contributed by atoms with Gasteiger partial charge in [-0.3, -0.25) is 4.79 Å². The van der Waals surface area contributed by atoms with Gasteiger partial charge < -0.3 is 40.3 Å². The van der Waals surface area contributed by atoms with Crippen LogP contribution in [0.2, 0.25) is 0 Å². The van der Waals surface area contributed by atoms with Crippen molar-refractivity contribution >= 4 is 5.91 Å². The summed E-state index contributed by atoms with van der Waals surface area (Å²) in [5.74, 6) is -0.170. The number of aliphatic hydroxyl groups is 5. The van der Waals surface area contributed by atoms with Crippen LogP contribution in [0.5, 0.6) is 0 Å². The van der Waals surface area contributed by atoms with Gasteiger partial charge in [0.2, 0.25) is 5.91 Å². The number of allylic oxidation sites excluding steroid dienone is 1. The summed E-state index contributed by atoms with van der Waals surface area (Å²) in [5, 5.41) is 54.4. The molecular formula is C59H115NO8. The third-order valence-electron chi connectivity index (χ3n) is 14.6. The maximum absolute atomic E-state index is 13.0. The zero-order valence-electron chi connectivity index (χ0n) is 44.9. The van der Waals surface area contributed by atoms with Crippen molar-refractivity contribution in [2.24, 2.45) is 0 Å². The lowest BCUT2D eigenvalue weighted by molar-refractivity contribution is -0.302. The maximum Gasteiger partial charge on any atom is 0.220 e. The topological polar surface area (TPSA) is 149 Å². The predicted octanol–water partition coefficient (Wildman–Crippen LogP) is 14.8. The molecule has 2 unspecified atom stereocenters. The first-order valence-corrected chi connectivity index (χ1v) is 29.9. The van der Waals surface area contributed by atoms with E-state index in [1.165, 1.54) is 244 Å². The van der Waals surface area contributed by atoms with Gasteiger partial charge in [0.1, 0.15) is 24.4 Å². The number of rotatable bonds is 52. The second kappa shape index (κ2) is 49.5. The molecule has 0 aromatic carbocycles. The molecule has 1 aliphatic heterocycles. The van der Waals surface area contributed by atoms with Crippen LogP contribution in [-0.4, -0.2) is 87.5 Å². The average molecular weight is 967 g/mol. The van der Waals surface area contributed by atoms with Gasteiger partial charge >= 0.3 is 0 Å². The van der Waals surface area contributed by atoms with Crippen LogP contribution in [0.25, 0.3) is 0 Å². The lowest BCUT2D eigenvalue weighted by Crippen LogP contribution is -2.60. The van der Waals surface area contributed by atoms with Crippen LogP contribution in [-0.2, 0) is 14.3 Å². The molecule has 0 bridgehead atoms. The van der Waals surface area contributed by atoms with E-state index in [0.29, 0.717) is 6.42 Å². The van der Waals surface area contributed by atoms with E-state index in [9.17, 15) is 30.3 Å². The number of aliphatic hydroxyl groups excluding tert-OH is 5. The zero-order valence-corrected chi connectivity index (χ0v) is 44.9. The number of carbonyl (C=O) groups excluding carboxylic acids is 1. The van der Waals surface area contributed by atoms with Gasteiger partial charge in [-0.1, -0.05) is 289 Å². The average Bonchev–Trinajstić information content (AvgIpc) is 3.34. The Kier molecular flexibility index (Phi) is 47.3. The SMILES string of the molecule is CCCCCCCCCCCCCC/C=C/[C@@H](O)[C@H](CO[C@@H]1O[C@H](CO)[C@H](O)C(O)C1O)NC(=O)CCCCCCCCCCCCCCCCCCCCCCCCCCCCCCCCC. The molecule has 404 valence electrons. The minimum absolute atomic E-state index is 0.170. The van der Waals surface area contributed by atoms with Crippen molar-refractivity contribution in [3.63, 3.8) is 0 Å². The van der Waals surface area contributed by atoms with Gasteiger partial charge in [0.05, 0.1) is 25.4 Å². The highest BCUT2D eigenvalue weighted by molar-refractivity contribution is 5.76. The first kappa shape index (κ1) is 64.9. The number of unbranched alkanes of at least 4 members (excludes halogenated alkanes) is 42. The molecule has 1 saturated heterocycles. The number of nitrogens with one attached hydrogen (secondary N) is 1. The van der Waals surface area contributed by atoms with Gasteiger partial charge in [-0.15, -0.1) is 0 Å². The maximum atomic E-state index is 13.0. The minimum Gasteiger partial charge on any atom is -0.394 e. The first-order chi connectivity index (χ1) is 33.3. The third-order valence-corrected chi connectivity index (χ3v) is 14.6. The molecule has 0 radical (unpaired) electrons. The monoisotopic (exact) mass is 966 g/mol. The van der Waals surface area contributed by atoms with Crippen molar-refractivity contribution in [1.82, 2.24) is 5.32 Å². The highest BCUT2D eigenvalue weighted by Gasteiger charge is 2.44. The molecule has 68 heavy (non-hydrogen) atoms. The number of ether oxygens (including phenoxy) is 2. The van der Waals surface area contributed by atoms with E-state index in [0.717, 1.165) is 38.5 Å². The lowest BCUT2D eigenvalue weighted by atomic mass is 9.99. The Bertz CT molecular complexity index is 1080. The minimum atomic E-state index is -1.56. The number of amides is 1. The Hall–Kier alpha value is -1.07. The van der Waals surface area contributed by atoms with Gasteiger partial charge in [0.15, 0.2) is 6.29 Å². The van der Waals surface area contributed by atoms with E-state index >= 15 is 0 Å². The first-order valence-electron chi connectivity index (χ1n) is 29.9. The van der Waals surface area contributed by atoms with E-state index in [1.807, 2.05) is 6.08 Å². The van der Waals surface area contributed by atoms with Crippen molar-refractivity contribution in [2.75, 3.05) is 13.2 Å². The molecule has 1 rings (SSSR count). The standard InChI is InChI=1S/C59H115NO8/c1-3-5-7-9-11-13-15-17-19-20-21-22-23-24-25-26-27-28-29-30-31-32-33-34-35-37-39-41-43-45-47-49-55(63)60-52(51-67-59-58(66)57(65)56(64)54(50-61)68-59)53(62)48-46-44-42-40-38-36-18-16-14-12-10-8-6-4-2/h46,48,52-54,56-59,61-62,64-66H,3-45,47,49-51H2,1-2H3,(H,60,63)/b48-46+/t52-,53+,54+,56-,57?,58?,59+/m0/s1. The Balaban J connectivity index is 2.11. The Morgan fingerprint density at radius 1 is 0.485 bits per heavy atom. The third kappa shape index (κ3) is 38.6. The van der Waals surface area contributed by atoms with E-state index in [2.05, 4.69) is 19.2 Å². The fourth-order valence-electron chi connectivity index (χ4n) is 9.87. The summed E-state index contributed by atoms with van der Waals surface area (Å²) in [4.78, 5) is 13.0. The summed E-state index contributed by atoms with van der Waals surface area (Å²) in [6, 6.07) is -0.800. The van der Waals surface area contributed by atoms with Crippen LogP contribution in [0.1, 0.15) is 303 Å². The normalized spacial score (nSPS) is 19.5. The van der Waals surface area contributed by atoms with Crippen molar-refractivity contribution in [3.8, 4) is 0 Å². The number of hydrogen-bond acceptors (Lipinski definition) is 8. The van der Waals surface area contributed by atoms with Gasteiger partial charge in [0.25, 0.3) is 0 Å². The summed E-state index contributed by atoms with van der Waals surface area (Å²) < 4.78 is 11.3. The molecular weight excluding hydrogens is 851 g/mol. The molecule has 0 aromatic rings. The molecule has 1 amide bonds. The summed E-state index contributed by atoms with van der Waals surface area (Å²) in [6.45, 7) is 3.81. The van der Waals surface area contributed by atoms with Crippen LogP contribution in [0.4, 0.5) is 0 Å². The fourth-order valence-corrected chi connectivity index (χ4v) is 9.87. The Morgan fingerprint density at radius 3 is 1.15 bits per heavy atom. The summed E-state index contributed by atoms with van der Waals surface area (Å²) >= 11 is 0. The fraction of sp³-hybridized carbons (Fsp3) is 0.949. The molecule has 0 saturated carbocycles. The van der Waals surface area contributed by atoms with Crippen LogP contribution in [0, 0.1) is 0 Å². The molecule has 9 heteroatoms. The van der Waals surface area contributed by atoms with Crippen molar-refractivity contribution in [3.05, 3.63) is 12.2 Å². The number of hydrogen-bond donors (Lipinski definition) is 6. The van der Waals surface area contributed by atoms with Gasteiger partial charge in [-0.25, -0.2) is 0 Å². The van der Waals surface area contributed by atoms with Crippen LogP contribution >= 0.6 is 0 Å². The van der Waals surface area contributed by atoms with Gasteiger partial charge in [0, 0.05) is 6.42 Å². The highest BCUT2D eigenvalue weighted by Crippen LogP contribution is 2.23. The quantitative estimate of drug-likeness (QED) is 0.0261. The molecule has 0 spiro atoms. The smallest absolute Gasteiger partial charge is 0.220 e. The van der Waals surface area contributed by atoms with E-state index in [-0.39, 0.29) is 12.5 Å². The predicted molar refractivity (Wildman–Crippen MR) is 286 cm³/mol. The van der Waals surface area contributed by atoms with Crippen molar-refractivity contribution in [1.29, 1.82) is 0 Å².